The first-order valence-corrected chi connectivity index (χ1v) is 11.0. The first-order valence-electron chi connectivity index (χ1n) is 9.98. The zero-order valence-electron chi connectivity index (χ0n) is 20.0. The Kier molecular flexibility index (Phi) is 16.7. The molecule has 2 aromatic carbocycles. The minimum atomic E-state index is -0.500. The smallest absolute Gasteiger partial charge is 0.0563 e. The van der Waals surface area contributed by atoms with Crippen LogP contribution >= 0.6 is 8.58 Å². The molecule has 0 fully saturated rings. The van der Waals surface area contributed by atoms with Crippen molar-refractivity contribution >= 4 is 19.2 Å². The van der Waals surface area contributed by atoms with Crippen LogP contribution < -0.4 is 10.6 Å². The van der Waals surface area contributed by atoms with Crippen molar-refractivity contribution in [2.24, 2.45) is 0 Å². The number of hydrogen-bond acceptors (Lipinski definition) is 2. The Balaban J connectivity index is 0. The number of nitrogens with zero attached hydrogens (tertiary/aromatic N) is 1. The molecule has 0 amide bonds. The summed E-state index contributed by atoms with van der Waals surface area (Å²) in [6, 6.07) is 21.2. The molecule has 0 saturated carbocycles. The van der Waals surface area contributed by atoms with E-state index in [2.05, 4.69) is 95.3 Å². The molecule has 1 aliphatic carbocycles. The van der Waals surface area contributed by atoms with Crippen molar-refractivity contribution in [1.29, 1.82) is 0 Å². The maximum absolute atomic E-state index is 8.52. The predicted molar refractivity (Wildman–Crippen MR) is 135 cm³/mol. The van der Waals surface area contributed by atoms with Gasteiger partial charge in [-0.3, -0.25) is 0 Å². The van der Waals surface area contributed by atoms with Gasteiger partial charge in [-0.15, -0.1) is 0 Å². The van der Waals surface area contributed by atoms with E-state index in [0.717, 1.165) is 8.58 Å². The molecule has 1 aliphatic rings. The Morgan fingerprint density at radius 3 is 1.10 bits per heavy atom. The molecule has 0 saturated heterocycles. The fourth-order valence-corrected chi connectivity index (χ4v) is 3.67. The molecule has 0 heterocycles. The van der Waals surface area contributed by atoms with E-state index >= 15 is 0 Å². The third-order valence-electron chi connectivity index (χ3n) is 4.65. The molecule has 0 bridgehead atoms. The summed E-state index contributed by atoms with van der Waals surface area (Å²) in [6.45, 7) is 16.2. The van der Waals surface area contributed by atoms with Gasteiger partial charge in [0.25, 0.3) is 0 Å². The Morgan fingerprint density at radius 1 is 0.645 bits per heavy atom. The van der Waals surface area contributed by atoms with E-state index in [0.29, 0.717) is 0 Å². The number of hydrogen-bond donors (Lipinski definition) is 1. The zero-order chi connectivity index (χ0) is 23.3. The van der Waals surface area contributed by atoms with Crippen LogP contribution in [0.1, 0.15) is 55.4 Å². The Labute approximate surface area is 205 Å². The zero-order valence-corrected chi connectivity index (χ0v) is 23.9. The van der Waals surface area contributed by atoms with Crippen LogP contribution in [0.15, 0.2) is 83.0 Å². The maximum Gasteiger partial charge on any atom is 0.0563 e. The van der Waals surface area contributed by atoms with E-state index in [9.17, 15) is 0 Å². The van der Waals surface area contributed by atoms with Gasteiger partial charge in [-0.25, -0.2) is 0 Å². The van der Waals surface area contributed by atoms with E-state index in [1.807, 2.05) is 0 Å². The molecule has 2 aromatic rings. The Hall–Kier alpha value is -1.40. The number of aliphatic hydroxyl groups is 1. The van der Waals surface area contributed by atoms with Gasteiger partial charge < -0.3 is 15.6 Å². The second kappa shape index (κ2) is 16.3. The standard InChI is InChI=1S/C12H11P.C10H15.C4H10O.NO.W/c1-3-7-11(8-4-1)13-12-9-5-2-6-10-12;1-6-7(2)9(4)10(5)8(6)3;1-4(2,3)5;1-2;/h1-10,13H;1-5H3;5H,1-3H3;;/q;;;-1;. The molecule has 3 nitrogen and oxygen atoms in total. The second-order valence-electron chi connectivity index (χ2n) is 8.15. The summed E-state index contributed by atoms with van der Waals surface area (Å²) in [5, 5.41) is 11.3. The number of nitroso groups, excluding NO2 is 1. The first kappa shape index (κ1) is 31.8. The second-order valence-corrected chi connectivity index (χ2v) is 9.56. The van der Waals surface area contributed by atoms with Gasteiger partial charge in [0.15, 0.2) is 0 Å². The number of allylic oxidation sites excluding steroid dienone is 4. The van der Waals surface area contributed by atoms with Crippen molar-refractivity contribution in [3.05, 3.63) is 99.4 Å². The molecule has 1 N–H and O–H groups in total. The summed E-state index contributed by atoms with van der Waals surface area (Å²) in [6.07, 6.45) is 0. The van der Waals surface area contributed by atoms with Crippen LogP contribution in [0.3, 0.4) is 0 Å². The quantitative estimate of drug-likeness (QED) is 0.387. The molecule has 3 rings (SSSR count). The maximum atomic E-state index is 8.52. The van der Waals surface area contributed by atoms with Gasteiger partial charge in [-0.2, -0.15) is 0 Å². The first-order chi connectivity index (χ1) is 14.0. The van der Waals surface area contributed by atoms with Crippen LogP contribution in [0.5, 0.6) is 0 Å². The van der Waals surface area contributed by atoms with Gasteiger partial charge in [0.1, 0.15) is 0 Å². The predicted octanol–water partition coefficient (Wildman–Crippen LogP) is 6.68. The summed E-state index contributed by atoms with van der Waals surface area (Å²) >= 11 is 0. The van der Waals surface area contributed by atoms with Gasteiger partial charge in [-0.1, -0.05) is 87.3 Å². The van der Waals surface area contributed by atoms with Gasteiger partial charge in [0.2, 0.25) is 0 Å². The molecule has 169 valence electrons. The molecular weight excluding hydrogens is 573 g/mol. The average molecular weight is 609 g/mol. The van der Waals surface area contributed by atoms with Gasteiger partial charge in [-0.05, 0) is 70.2 Å². The molecule has 5 heteroatoms. The molecule has 1 radical (unpaired) electrons. The largest absolute Gasteiger partial charge is 0.577 e. The summed E-state index contributed by atoms with van der Waals surface area (Å²) in [5.41, 5.74) is 11.1. The summed E-state index contributed by atoms with van der Waals surface area (Å²) < 4.78 is 0. The van der Waals surface area contributed by atoms with Crippen molar-refractivity contribution in [3.8, 4) is 0 Å². The average Bonchev–Trinajstić information content (AvgIpc) is 2.88. The fraction of sp³-hybridized carbons (Fsp3) is 0.346. The van der Waals surface area contributed by atoms with Crippen LogP contribution in [0.2, 0.25) is 0 Å². The van der Waals surface area contributed by atoms with Crippen LogP contribution in [-0.4, -0.2) is 10.7 Å². The minimum Gasteiger partial charge on any atom is -0.577 e. The van der Waals surface area contributed by atoms with Crippen molar-refractivity contribution in [1.82, 2.24) is 0 Å². The third kappa shape index (κ3) is 13.6. The van der Waals surface area contributed by atoms with Gasteiger partial charge in [0.05, 0.1) is 5.60 Å². The molecule has 0 aromatic heterocycles. The minimum absolute atomic E-state index is 0. The van der Waals surface area contributed by atoms with Crippen molar-refractivity contribution in [3.63, 3.8) is 0 Å². The number of benzene rings is 2. The van der Waals surface area contributed by atoms with E-state index in [-0.39, 0.29) is 21.1 Å². The van der Waals surface area contributed by atoms with Gasteiger partial charge in [0, 0.05) is 27.0 Å². The van der Waals surface area contributed by atoms with E-state index in [4.69, 9.17) is 15.6 Å². The summed E-state index contributed by atoms with van der Waals surface area (Å²) in [4.78, 5) is 7.25. The van der Waals surface area contributed by atoms with Crippen LogP contribution in [0.4, 0.5) is 0 Å². The van der Waals surface area contributed by atoms with Crippen LogP contribution in [0.25, 0.3) is 5.59 Å². The van der Waals surface area contributed by atoms with Gasteiger partial charge >= 0.3 is 0 Å². The molecule has 0 atom stereocenters. The Morgan fingerprint density at radius 2 is 0.903 bits per heavy atom. The van der Waals surface area contributed by atoms with Crippen molar-refractivity contribution < 1.29 is 26.2 Å². The molecular formula is C26H36NO2PW-. The van der Waals surface area contributed by atoms with E-state index in [1.165, 1.54) is 38.8 Å². The fourth-order valence-electron chi connectivity index (χ4n) is 2.62. The topological polar surface area (TPSA) is 59.6 Å². The SMILES string of the molecule is CC(C)(C)O.C[C]1C(C)=C(C)C(C)=C1C.[N-]=O.[W].c1ccc(Pc2ccccc2)cc1. The van der Waals surface area contributed by atoms with Crippen LogP contribution in [-0.2, 0) is 21.1 Å². The Bertz CT molecular complexity index is 745. The summed E-state index contributed by atoms with van der Waals surface area (Å²) in [5.74, 6) is 1.47. The van der Waals surface area contributed by atoms with Crippen LogP contribution in [0, 0.1) is 10.8 Å². The van der Waals surface area contributed by atoms with E-state index < -0.39 is 5.60 Å². The normalized spacial score (nSPS) is 13.1. The monoisotopic (exact) mass is 609 g/mol. The molecule has 0 spiro atoms. The summed E-state index contributed by atoms with van der Waals surface area (Å²) in [7, 11) is 0.777. The third-order valence-corrected chi connectivity index (χ3v) is 5.89. The van der Waals surface area contributed by atoms with E-state index in [1.54, 1.807) is 20.8 Å². The molecule has 0 unspecified atom stereocenters. The number of rotatable bonds is 2. The van der Waals surface area contributed by atoms with Crippen molar-refractivity contribution in [2.75, 3.05) is 0 Å². The molecule has 31 heavy (non-hydrogen) atoms. The molecule has 0 aliphatic heterocycles. The van der Waals surface area contributed by atoms with Crippen molar-refractivity contribution in [2.45, 2.75) is 61.0 Å².